The number of carbonyl (C=O) groups is 1. The van der Waals surface area contributed by atoms with E-state index in [9.17, 15) is 19.7 Å². The van der Waals surface area contributed by atoms with Crippen molar-refractivity contribution in [2.75, 3.05) is 11.1 Å². The van der Waals surface area contributed by atoms with Crippen molar-refractivity contribution in [3.05, 3.63) is 69.0 Å². The van der Waals surface area contributed by atoms with Crippen LogP contribution in [0, 0.1) is 10.1 Å². The van der Waals surface area contributed by atoms with Gasteiger partial charge in [-0.25, -0.2) is 4.98 Å². The Morgan fingerprint density at radius 1 is 1.27 bits per heavy atom. The highest BCUT2D eigenvalue weighted by atomic mass is 32.2. The van der Waals surface area contributed by atoms with Crippen molar-refractivity contribution in [3.8, 4) is 0 Å². The van der Waals surface area contributed by atoms with Crippen LogP contribution >= 0.6 is 11.8 Å². The third kappa shape index (κ3) is 3.72. The molecule has 0 saturated heterocycles. The number of amides is 1. The van der Waals surface area contributed by atoms with Gasteiger partial charge in [-0.1, -0.05) is 30.0 Å². The summed E-state index contributed by atoms with van der Waals surface area (Å²) in [7, 11) is 1.60. The maximum atomic E-state index is 12.3. The smallest absolute Gasteiger partial charge is 0.271 e. The van der Waals surface area contributed by atoms with E-state index in [1.807, 2.05) is 0 Å². The second kappa shape index (κ2) is 7.36. The number of hydrogen-bond donors (Lipinski definition) is 1. The number of thioether (sulfide) groups is 1. The molecule has 1 amide bonds. The summed E-state index contributed by atoms with van der Waals surface area (Å²) >= 11 is 1.12. The molecule has 26 heavy (non-hydrogen) atoms. The van der Waals surface area contributed by atoms with Gasteiger partial charge in [0.05, 0.1) is 21.6 Å². The Bertz CT molecular complexity index is 1060. The van der Waals surface area contributed by atoms with Gasteiger partial charge in [0.15, 0.2) is 5.16 Å². The van der Waals surface area contributed by atoms with Crippen molar-refractivity contribution < 1.29 is 9.72 Å². The van der Waals surface area contributed by atoms with Crippen LogP contribution in [0.3, 0.4) is 0 Å². The SMILES string of the molecule is Cn1c(SCC(=O)Nc2cccc([N+](=O)[O-])c2)nc2ccccc2c1=O. The summed E-state index contributed by atoms with van der Waals surface area (Å²) in [5, 5.41) is 14.3. The molecule has 8 nitrogen and oxygen atoms in total. The maximum absolute atomic E-state index is 12.3. The molecule has 0 aliphatic rings. The molecule has 0 aliphatic heterocycles. The summed E-state index contributed by atoms with van der Waals surface area (Å²) in [5.74, 6) is -0.334. The number of benzene rings is 2. The first-order valence-corrected chi connectivity index (χ1v) is 8.57. The van der Waals surface area contributed by atoms with Gasteiger partial charge in [0.1, 0.15) is 0 Å². The van der Waals surface area contributed by atoms with Crippen molar-refractivity contribution >= 4 is 39.9 Å². The Kier molecular flexibility index (Phi) is 4.99. The molecule has 132 valence electrons. The molecular weight excluding hydrogens is 356 g/mol. The number of fused-ring (bicyclic) bond motifs is 1. The topological polar surface area (TPSA) is 107 Å². The van der Waals surface area contributed by atoms with Crippen LogP contribution < -0.4 is 10.9 Å². The number of nitrogens with zero attached hydrogens (tertiary/aromatic N) is 3. The van der Waals surface area contributed by atoms with Gasteiger partial charge in [0, 0.05) is 24.9 Å². The summed E-state index contributed by atoms with van der Waals surface area (Å²) < 4.78 is 1.40. The van der Waals surface area contributed by atoms with Gasteiger partial charge >= 0.3 is 0 Å². The first-order valence-electron chi connectivity index (χ1n) is 7.58. The zero-order valence-corrected chi connectivity index (χ0v) is 14.5. The second-order valence-corrected chi connectivity index (χ2v) is 6.36. The van der Waals surface area contributed by atoms with Crippen LogP contribution in [0.4, 0.5) is 11.4 Å². The van der Waals surface area contributed by atoms with E-state index in [2.05, 4.69) is 10.3 Å². The fourth-order valence-corrected chi connectivity index (χ4v) is 3.12. The van der Waals surface area contributed by atoms with Crippen LogP contribution in [0.25, 0.3) is 10.9 Å². The second-order valence-electron chi connectivity index (χ2n) is 5.42. The number of hydrogen-bond acceptors (Lipinski definition) is 6. The summed E-state index contributed by atoms with van der Waals surface area (Å²) in [4.78, 5) is 39.1. The fraction of sp³-hybridized carbons (Fsp3) is 0.118. The Labute approximate surface area is 152 Å². The molecule has 9 heteroatoms. The van der Waals surface area contributed by atoms with E-state index >= 15 is 0 Å². The van der Waals surface area contributed by atoms with E-state index in [1.165, 1.54) is 22.8 Å². The van der Waals surface area contributed by atoms with Gasteiger partial charge in [-0.05, 0) is 18.2 Å². The number of rotatable bonds is 5. The molecule has 0 radical (unpaired) electrons. The normalized spacial score (nSPS) is 10.7. The van der Waals surface area contributed by atoms with Crippen LogP contribution in [-0.2, 0) is 11.8 Å². The van der Waals surface area contributed by atoms with Crippen LogP contribution in [0.2, 0.25) is 0 Å². The standard InChI is InChI=1S/C17H14N4O4S/c1-20-16(23)13-7-2-3-8-14(13)19-17(20)26-10-15(22)18-11-5-4-6-12(9-11)21(24)25/h2-9H,10H2,1H3,(H,18,22). The highest BCUT2D eigenvalue weighted by Gasteiger charge is 2.12. The quantitative estimate of drug-likeness (QED) is 0.320. The number of para-hydroxylation sites is 1. The van der Waals surface area contributed by atoms with E-state index in [-0.39, 0.29) is 22.9 Å². The molecular formula is C17H14N4O4S. The van der Waals surface area contributed by atoms with Gasteiger partial charge in [0.2, 0.25) is 5.91 Å². The molecule has 1 heterocycles. The molecule has 0 spiro atoms. The number of anilines is 1. The minimum atomic E-state index is -0.529. The first kappa shape index (κ1) is 17.6. The predicted octanol–water partition coefficient (Wildman–Crippen LogP) is 2.57. The molecule has 0 atom stereocenters. The van der Waals surface area contributed by atoms with Gasteiger partial charge in [-0.2, -0.15) is 0 Å². The minimum absolute atomic E-state index is 0.0152. The lowest BCUT2D eigenvalue weighted by atomic mass is 10.2. The van der Waals surface area contributed by atoms with Crippen LogP contribution in [-0.4, -0.2) is 26.1 Å². The Hall–Kier alpha value is -3.20. The largest absolute Gasteiger partial charge is 0.325 e. The van der Waals surface area contributed by atoms with Crippen molar-refractivity contribution in [1.82, 2.24) is 9.55 Å². The Morgan fingerprint density at radius 3 is 2.81 bits per heavy atom. The molecule has 0 aliphatic carbocycles. The lowest BCUT2D eigenvalue weighted by Crippen LogP contribution is -2.21. The molecule has 1 N–H and O–H groups in total. The Balaban J connectivity index is 1.73. The number of carbonyl (C=O) groups excluding carboxylic acids is 1. The van der Waals surface area contributed by atoms with Crippen molar-refractivity contribution in [1.29, 1.82) is 0 Å². The summed E-state index contributed by atoms with van der Waals surface area (Å²) in [5.41, 5.74) is 0.619. The van der Waals surface area contributed by atoms with Gasteiger partial charge < -0.3 is 5.32 Å². The fourth-order valence-electron chi connectivity index (χ4n) is 2.35. The number of aromatic nitrogens is 2. The molecule has 2 aromatic carbocycles. The van der Waals surface area contributed by atoms with Crippen LogP contribution in [0.5, 0.6) is 0 Å². The predicted molar refractivity (Wildman–Crippen MR) is 99.4 cm³/mol. The Morgan fingerprint density at radius 2 is 2.04 bits per heavy atom. The van der Waals surface area contributed by atoms with Gasteiger partial charge in [0.25, 0.3) is 11.2 Å². The van der Waals surface area contributed by atoms with Crippen LogP contribution in [0.1, 0.15) is 0 Å². The number of nitro benzene ring substituents is 1. The zero-order chi connectivity index (χ0) is 18.7. The third-order valence-corrected chi connectivity index (χ3v) is 4.65. The number of non-ortho nitro benzene ring substituents is 1. The van der Waals surface area contributed by atoms with Gasteiger partial charge in [-0.3, -0.25) is 24.3 Å². The maximum Gasteiger partial charge on any atom is 0.271 e. The molecule has 0 saturated carbocycles. The lowest BCUT2D eigenvalue weighted by Gasteiger charge is -2.09. The van der Waals surface area contributed by atoms with Crippen molar-refractivity contribution in [2.24, 2.45) is 7.05 Å². The van der Waals surface area contributed by atoms with E-state index in [1.54, 1.807) is 37.4 Å². The highest BCUT2D eigenvalue weighted by molar-refractivity contribution is 7.99. The lowest BCUT2D eigenvalue weighted by molar-refractivity contribution is -0.384. The average molecular weight is 370 g/mol. The molecule has 0 fully saturated rings. The number of nitrogens with one attached hydrogen (secondary N) is 1. The monoisotopic (exact) mass is 370 g/mol. The van der Waals surface area contributed by atoms with Crippen LogP contribution in [0.15, 0.2) is 58.5 Å². The van der Waals surface area contributed by atoms with E-state index in [4.69, 9.17) is 0 Å². The third-order valence-electron chi connectivity index (χ3n) is 3.62. The zero-order valence-electron chi connectivity index (χ0n) is 13.7. The van der Waals surface area contributed by atoms with E-state index < -0.39 is 4.92 Å². The molecule has 1 aromatic heterocycles. The molecule has 0 bridgehead atoms. The summed E-state index contributed by atoms with van der Waals surface area (Å²) in [6.07, 6.45) is 0. The van der Waals surface area contributed by atoms with Crippen molar-refractivity contribution in [3.63, 3.8) is 0 Å². The molecule has 3 rings (SSSR count). The number of nitro groups is 1. The van der Waals surface area contributed by atoms with Crippen molar-refractivity contribution in [2.45, 2.75) is 5.16 Å². The molecule has 0 unspecified atom stereocenters. The minimum Gasteiger partial charge on any atom is -0.325 e. The summed E-state index contributed by atoms with van der Waals surface area (Å²) in [6, 6.07) is 12.7. The average Bonchev–Trinajstić information content (AvgIpc) is 2.63. The van der Waals surface area contributed by atoms with E-state index in [0.717, 1.165) is 11.8 Å². The van der Waals surface area contributed by atoms with E-state index in [0.29, 0.717) is 21.7 Å². The highest BCUT2D eigenvalue weighted by Crippen LogP contribution is 2.19. The first-order chi connectivity index (χ1) is 12.5. The molecule has 3 aromatic rings. The van der Waals surface area contributed by atoms with Gasteiger partial charge in [-0.15, -0.1) is 0 Å². The summed E-state index contributed by atoms with van der Waals surface area (Å²) in [6.45, 7) is 0.